The van der Waals surface area contributed by atoms with Crippen molar-refractivity contribution >= 4 is 118 Å². The van der Waals surface area contributed by atoms with Crippen LogP contribution in [0, 0.1) is 0 Å². The van der Waals surface area contributed by atoms with Gasteiger partial charge in [0.1, 0.15) is 0 Å². The first-order valence-corrected chi connectivity index (χ1v) is 3.10. The number of rotatable bonds is 0. The van der Waals surface area contributed by atoms with E-state index in [9.17, 15) is 0 Å². The van der Waals surface area contributed by atoms with Gasteiger partial charge in [-0.25, -0.2) is 0 Å². The van der Waals surface area contributed by atoms with E-state index in [1.807, 2.05) is 0 Å². The maximum absolute atomic E-state index is 7.17. The van der Waals surface area contributed by atoms with E-state index in [4.69, 9.17) is 60.3 Å². The molecule has 0 aliphatic heterocycles. The molecule has 19 heteroatoms. The fourth-order valence-electron chi connectivity index (χ4n) is 0. The third kappa shape index (κ3) is 948. The summed E-state index contributed by atoms with van der Waals surface area (Å²) in [6, 6.07) is 0. The van der Waals surface area contributed by atoms with E-state index in [0.717, 1.165) is 0 Å². The zero-order chi connectivity index (χ0) is 14.3. The standard InChI is InChI=1S/4BH3O3.3Na.3H/c4*2-1(3)4;;;;;;/h4*2-4H;;;;;;. The Balaban J connectivity index is -0.0000000192. The molecule has 0 atom stereocenters. The third-order valence-electron chi connectivity index (χ3n) is 0. The van der Waals surface area contributed by atoms with Crippen molar-refractivity contribution in [1.29, 1.82) is 0 Å². The van der Waals surface area contributed by atoms with Crippen molar-refractivity contribution in [3.63, 3.8) is 0 Å². The van der Waals surface area contributed by atoms with Crippen LogP contribution in [0.2, 0.25) is 0 Å². The molecule has 0 saturated heterocycles. The predicted octanol–water partition coefficient (Wildman–Crippen LogP) is -10.2. The Hall–Kier alpha value is 2.78. The van der Waals surface area contributed by atoms with Crippen LogP contribution in [0.4, 0.5) is 0 Å². The molecule has 0 fully saturated rings. The molecule has 0 radical (unpaired) electrons. The topological polar surface area (TPSA) is 243 Å². The molecule has 12 nitrogen and oxygen atoms in total. The number of hydrogen-bond acceptors (Lipinski definition) is 12. The second-order valence-corrected chi connectivity index (χ2v) is 1.39. The van der Waals surface area contributed by atoms with E-state index in [-0.39, 0.29) is 88.7 Å². The molecule has 0 aliphatic carbocycles. The molecule has 0 bridgehead atoms. The van der Waals surface area contributed by atoms with Gasteiger partial charge in [-0.2, -0.15) is 0 Å². The van der Waals surface area contributed by atoms with Crippen LogP contribution in [-0.4, -0.2) is 178 Å². The van der Waals surface area contributed by atoms with Gasteiger partial charge >= 0.3 is 118 Å². The molecule has 0 aliphatic rings. The molecule has 0 amide bonds. The van der Waals surface area contributed by atoms with Crippen molar-refractivity contribution in [1.82, 2.24) is 0 Å². The summed E-state index contributed by atoms with van der Waals surface area (Å²) in [7, 11) is -8.67. The van der Waals surface area contributed by atoms with Crippen LogP contribution in [0.5, 0.6) is 0 Å². The molecule has 0 unspecified atom stereocenters. The Morgan fingerprint density at radius 1 is 0.263 bits per heavy atom. The van der Waals surface area contributed by atoms with Crippen molar-refractivity contribution in [3.8, 4) is 0 Å². The van der Waals surface area contributed by atoms with Gasteiger partial charge in [-0.05, 0) is 0 Å². The van der Waals surface area contributed by atoms with E-state index in [1.165, 1.54) is 0 Å². The second kappa shape index (κ2) is 37.2. The molecule has 0 aromatic carbocycles. The SMILES string of the molecule is OB(O)O.OB(O)O.OB(O)O.OB(O)O.[NaH].[NaH].[NaH]. The third-order valence-corrected chi connectivity index (χ3v) is 0. The van der Waals surface area contributed by atoms with Gasteiger partial charge in [0.2, 0.25) is 0 Å². The van der Waals surface area contributed by atoms with Crippen molar-refractivity contribution in [3.05, 3.63) is 0 Å². The average Bonchev–Trinajstić information content (AvgIpc) is 1.76. The predicted molar refractivity (Wildman–Crippen MR) is 71.1 cm³/mol. The van der Waals surface area contributed by atoms with Crippen molar-refractivity contribution in [2.45, 2.75) is 0 Å². The Labute approximate surface area is 176 Å². The molecule has 0 aromatic rings. The van der Waals surface area contributed by atoms with Gasteiger partial charge in [-0.1, -0.05) is 0 Å². The van der Waals surface area contributed by atoms with Gasteiger partial charge in [0.25, 0.3) is 0 Å². The van der Waals surface area contributed by atoms with Gasteiger partial charge < -0.3 is 60.3 Å². The molecule has 0 heterocycles. The summed E-state index contributed by atoms with van der Waals surface area (Å²) in [6.45, 7) is 0. The first-order valence-electron chi connectivity index (χ1n) is 3.10. The minimum atomic E-state index is -2.17. The van der Waals surface area contributed by atoms with Gasteiger partial charge in [0.15, 0.2) is 0 Å². The van der Waals surface area contributed by atoms with Gasteiger partial charge in [-0.3, -0.25) is 0 Å². The van der Waals surface area contributed by atoms with E-state index >= 15 is 0 Å². The monoisotopic (exact) mass is 320 g/mol. The fraction of sp³-hybridized carbons (Fsp3) is 0. The molecule has 0 spiro atoms. The Bertz CT molecular complexity index is 68.0. The van der Waals surface area contributed by atoms with Crippen molar-refractivity contribution < 1.29 is 60.3 Å². The summed E-state index contributed by atoms with van der Waals surface area (Å²) in [5.41, 5.74) is 0. The summed E-state index contributed by atoms with van der Waals surface area (Å²) in [6.07, 6.45) is 0. The summed E-state index contributed by atoms with van der Waals surface area (Å²) in [5, 5.41) is 86.0. The molecule has 19 heavy (non-hydrogen) atoms. The van der Waals surface area contributed by atoms with E-state index in [0.29, 0.717) is 0 Å². The number of hydrogen-bond donors (Lipinski definition) is 12. The van der Waals surface area contributed by atoms with Crippen LogP contribution >= 0.6 is 0 Å². The van der Waals surface area contributed by atoms with E-state index in [2.05, 4.69) is 0 Å². The van der Waals surface area contributed by atoms with Crippen LogP contribution in [0.15, 0.2) is 0 Å². The van der Waals surface area contributed by atoms with Gasteiger partial charge in [-0.15, -0.1) is 0 Å². The molecular formula is H15B4Na3O12. The van der Waals surface area contributed by atoms with Crippen LogP contribution in [0.25, 0.3) is 0 Å². The zero-order valence-corrected chi connectivity index (χ0v) is 7.68. The molecule has 12 N–H and O–H groups in total. The summed E-state index contributed by atoms with van der Waals surface area (Å²) < 4.78 is 0. The normalized spacial score (nSPS) is 5.68. The molecule has 102 valence electrons. The van der Waals surface area contributed by atoms with Crippen LogP contribution in [-0.2, 0) is 0 Å². The maximum atomic E-state index is 7.17. The second-order valence-electron chi connectivity index (χ2n) is 1.39. The average molecular weight is 319 g/mol. The Morgan fingerprint density at radius 2 is 0.263 bits per heavy atom. The first-order chi connectivity index (χ1) is 6.93. The minimum absolute atomic E-state index is 0. The van der Waals surface area contributed by atoms with Crippen LogP contribution in [0.1, 0.15) is 0 Å². The first kappa shape index (κ1) is 43.1. The van der Waals surface area contributed by atoms with Gasteiger partial charge in [0, 0.05) is 0 Å². The Kier molecular flexibility index (Phi) is 84.3. The van der Waals surface area contributed by atoms with Gasteiger partial charge in [0.05, 0.1) is 0 Å². The van der Waals surface area contributed by atoms with E-state index < -0.39 is 29.3 Å². The summed E-state index contributed by atoms with van der Waals surface area (Å²) in [5.74, 6) is 0. The Morgan fingerprint density at radius 3 is 0.263 bits per heavy atom. The van der Waals surface area contributed by atoms with E-state index in [1.54, 1.807) is 0 Å². The summed E-state index contributed by atoms with van der Waals surface area (Å²) in [4.78, 5) is 0. The van der Waals surface area contributed by atoms with Crippen molar-refractivity contribution in [2.24, 2.45) is 0 Å². The summed E-state index contributed by atoms with van der Waals surface area (Å²) >= 11 is 0. The van der Waals surface area contributed by atoms with Crippen molar-refractivity contribution in [2.75, 3.05) is 0 Å². The molecular weight excluding hydrogens is 304 g/mol. The molecule has 0 aromatic heterocycles. The van der Waals surface area contributed by atoms with Crippen LogP contribution < -0.4 is 0 Å². The molecule has 0 rings (SSSR count). The fourth-order valence-corrected chi connectivity index (χ4v) is 0. The zero-order valence-electron chi connectivity index (χ0n) is 7.68. The molecule has 0 saturated carbocycles. The quantitative estimate of drug-likeness (QED) is 0.186. The van der Waals surface area contributed by atoms with Crippen LogP contribution in [0.3, 0.4) is 0 Å².